The molecule has 1 fully saturated rings. The summed E-state index contributed by atoms with van der Waals surface area (Å²) < 4.78 is 47.6. The second-order valence-electron chi connectivity index (χ2n) is 7.31. The normalized spacial score (nSPS) is 14.2. The Morgan fingerprint density at radius 2 is 2.06 bits per heavy atom. The molecule has 1 aliphatic carbocycles. The lowest BCUT2D eigenvalue weighted by Gasteiger charge is -2.26. The first-order valence-corrected chi connectivity index (χ1v) is 12.2. The van der Waals surface area contributed by atoms with Gasteiger partial charge in [0.25, 0.3) is 0 Å². The van der Waals surface area contributed by atoms with E-state index in [1.807, 2.05) is 0 Å². The van der Waals surface area contributed by atoms with Crippen LogP contribution in [0.5, 0.6) is 5.75 Å². The molecular weight excluding hydrogens is 479 g/mol. The zero-order chi connectivity index (χ0) is 23.8. The van der Waals surface area contributed by atoms with Gasteiger partial charge in [-0.2, -0.15) is 0 Å². The maximum atomic E-state index is 13.1. The molecule has 7 nitrogen and oxygen atoms in total. The van der Waals surface area contributed by atoms with Crippen LogP contribution in [0.3, 0.4) is 0 Å². The second kappa shape index (κ2) is 11.6. The van der Waals surface area contributed by atoms with Crippen molar-refractivity contribution >= 4 is 45.9 Å². The molecule has 1 heterocycles. The minimum atomic E-state index is -4.82. The summed E-state index contributed by atoms with van der Waals surface area (Å²) in [6.45, 7) is 2.40. The first-order valence-electron chi connectivity index (χ1n) is 10.4. The molecule has 1 saturated carbocycles. The number of alkyl halides is 3. The summed E-state index contributed by atoms with van der Waals surface area (Å²) in [7, 11) is 0. The fraction of sp³-hybridized carbons (Fsp3) is 0.476. The van der Waals surface area contributed by atoms with Crippen molar-refractivity contribution in [3.63, 3.8) is 0 Å². The number of benzene rings is 1. The number of ether oxygens (including phenoxy) is 2. The van der Waals surface area contributed by atoms with Crippen LogP contribution in [0.1, 0.15) is 32.6 Å². The van der Waals surface area contributed by atoms with Crippen LogP contribution in [0.4, 0.5) is 28.8 Å². The van der Waals surface area contributed by atoms with Crippen molar-refractivity contribution in [3.05, 3.63) is 30.5 Å². The molecule has 0 bridgehead atoms. The number of esters is 1. The van der Waals surface area contributed by atoms with E-state index >= 15 is 0 Å². The Bertz CT molecular complexity index is 949. The standard InChI is InChI=1S/C21H24F3N3O4S2/c1-2-30-17(28)13-32-18-11-25-19(33-18)26-20(29)27(12-14-6-3-4-7-14)15-8-5-9-16(10-15)31-21(22,23)24/h5,8-11,14H,2-4,6-7,12-13H2,1H3,(H,25,26,29). The second-order valence-corrected chi connectivity index (χ2v) is 9.62. The number of nitrogens with zero attached hydrogens (tertiary/aromatic N) is 2. The first kappa shape index (κ1) is 25.2. The van der Waals surface area contributed by atoms with Gasteiger partial charge >= 0.3 is 18.4 Å². The molecule has 1 N–H and O–H groups in total. The number of urea groups is 1. The number of aromatic nitrogens is 1. The predicted molar refractivity (Wildman–Crippen MR) is 121 cm³/mol. The van der Waals surface area contributed by atoms with Gasteiger partial charge in [-0.15, -0.1) is 24.9 Å². The fourth-order valence-electron chi connectivity index (χ4n) is 3.48. The Balaban J connectivity index is 1.71. The zero-order valence-corrected chi connectivity index (χ0v) is 19.5. The summed E-state index contributed by atoms with van der Waals surface area (Å²) in [5.74, 6) is -0.348. The van der Waals surface area contributed by atoms with Gasteiger partial charge in [0.05, 0.1) is 22.8 Å². The number of thiazole rings is 1. The van der Waals surface area contributed by atoms with Gasteiger partial charge < -0.3 is 9.47 Å². The van der Waals surface area contributed by atoms with Crippen LogP contribution < -0.4 is 15.0 Å². The Hall–Kier alpha value is -2.47. The van der Waals surface area contributed by atoms with Gasteiger partial charge in [0, 0.05) is 18.3 Å². The Labute approximate surface area is 197 Å². The SMILES string of the molecule is CCOC(=O)CSc1cnc(NC(=O)N(CC2CCCC2)c2cccc(OC(F)(F)F)c2)s1. The molecule has 2 aromatic rings. The lowest BCUT2D eigenvalue weighted by molar-refractivity contribution is -0.274. The largest absolute Gasteiger partial charge is 0.573 e. The van der Waals surface area contributed by atoms with Gasteiger partial charge in [-0.25, -0.2) is 9.78 Å². The molecule has 0 radical (unpaired) electrons. The number of carbonyl (C=O) groups excluding carboxylic acids is 2. The van der Waals surface area contributed by atoms with Gasteiger partial charge in [-0.3, -0.25) is 15.0 Å². The summed E-state index contributed by atoms with van der Waals surface area (Å²) in [6, 6.07) is 4.88. The van der Waals surface area contributed by atoms with E-state index in [4.69, 9.17) is 4.74 Å². The van der Waals surface area contributed by atoms with Crippen LogP contribution in [-0.4, -0.2) is 42.3 Å². The third kappa shape index (κ3) is 8.11. The quantitative estimate of drug-likeness (QED) is 0.338. The van der Waals surface area contributed by atoms with Gasteiger partial charge in [0.2, 0.25) is 0 Å². The summed E-state index contributed by atoms with van der Waals surface area (Å²) >= 11 is 2.45. The number of anilines is 2. The lowest BCUT2D eigenvalue weighted by atomic mass is 10.1. The van der Waals surface area contributed by atoms with Crippen molar-refractivity contribution in [2.45, 2.75) is 43.2 Å². The zero-order valence-electron chi connectivity index (χ0n) is 17.9. The molecule has 12 heteroatoms. The van der Waals surface area contributed by atoms with Gasteiger partial charge in [0.1, 0.15) is 5.75 Å². The van der Waals surface area contributed by atoms with Crippen molar-refractivity contribution in [2.24, 2.45) is 5.92 Å². The Morgan fingerprint density at radius 3 is 2.76 bits per heavy atom. The molecule has 2 amide bonds. The van der Waals surface area contributed by atoms with Crippen LogP contribution in [0, 0.1) is 5.92 Å². The molecule has 3 rings (SSSR count). The van der Waals surface area contributed by atoms with Crippen molar-refractivity contribution in [1.82, 2.24) is 4.98 Å². The highest BCUT2D eigenvalue weighted by Crippen LogP contribution is 2.32. The van der Waals surface area contributed by atoms with Crippen LogP contribution in [0.2, 0.25) is 0 Å². The maximum Gasteiger partial charge on any atom is 0.573 e. The number of hydrogen-bond donors (Lipinski definition) is 1. The smallest absolute Gasteiger partial charge is 0.465 e. The van der Waals surface area contributed by atoms with E-state index in [0.717, 1.165) is 29.9 Å². The van der Waals surface area contributed by atoms with E-state index < -0.39 is 18.1 Å². The first-order chi connectivity index (χ1) is 15.7. The molecular formula is C21H24F3N3O4S2. The van der Waals surface area contributed by atoms with Crippen LogP contribution in [0.15, 0.2) is 34.7 Å². The third-order valence-corrected chi connectivity index (χ3v) is 6.94. The van der Waals surface area contributed by atoms with Crippen molar-refractivity contribution < 1.29 is 32.2 Å². The number of rotatable bonds is 9. The Kier molecular flexibility index (Phi) is 8.84. The van der Waals surface area contributed by atoms with Crippen LogP contribution >= 0.6 is 23.1 Å². The Morgan fingerprint density at radius 1 is 1.30 bits per heavy atom. The third-order valence-electron chi connectivity index (χ3n) is 4.86. The van der Waals surface area contributed by atoms with Gasteiger partial charge in [0.15, 0.2) is 5.13 Å². The van der Waals surface area contributed by atoms with E-state index in [0.29, 0.717) is 24.0 Å². The molecule has 1 aliphatic rings. The summed E-state index contributed by atoms with van der Waals surface area (Å²) in [5, 5.41) is 3.04. The number of thioether (sulfide) groups is 1. The molecule has 33 heavy (non-hydrogen) atoms. The van der Waals surface area contributed by atoms with Gasteiger partial charge in [-0.1, -0.05) is 30.2 Å². The highest BCUT2D eigenvalue weighted by Gasteiger charge is 2.32. The van der Waals surface area contributed by atoms with E-state index in [1.54, 1.807) is 19.2 Å². The number of halogens is 3. The number of amides is 2. The molecule has 0 spiro atoms. The van der Waals surface area contributed by atoms with E-state index in [1.165, 1.54) is 46.2 Å². The monoisotopic (exact) mass is 503 g/mol. The topological polar surface area (TPSA) is 80.8 Å². The van der Waals surface area contributed by atoms with Crippen molar-refractivity contribution in [1.29, 1.82) is 0 Å². The van der Waals surface area contributed by atoms with Crippen molar-refractivity contribution in [3.8, 4) is 5.75 Å². The molecule has 0 unspecified atom stereocenters. The number of carbonyl (C=O) groups is 2. The molecule has 180 valence electrons. The van der Waals surface area contributed by atoms with Gasteiger partial charge in [-0.05, 0) is 37.8 Å². The average molecular weight is 504 g/mol. The summed E-state index contributed by atoms with van der Waals surface area (Å²) in [4.78, 5) is 30.2. The molecule has 1 aromatic carbocycles. The molecule has 0 saturated heterocycles. The predicted octanol–water partition coefficient (Wildman–Crippen LogP) is 5.93. The average Bonchev–Trinajstić information content (AvgIpc) is 3.41. The highest BCUT2D eigenvalue weighted by atomic mass is 32.2. The fourth-order valence-corrected chi connectivity index (χ4v) is 5.14. The maximum absolute atomic E-state index is 13.1. The van der Waals surface area contributed by atoms with E-state index in [9.17, 15) is 22.8 Å². The summed E-state index contributed by atoms with van der Waals surface area (Å²) in [5.41, 5.74) is 0.301. The van der Waals surface area contributed by atoms with E-state index in [2.05, 4.69) is 15.0 Å². The van der Waals surface area contributed by atoms with Crippen LogP contribution in [-0.2, 0) is 9.53 Å². The van der Waals surface area contributed by atoms with Crippen molar-refractivity contribution in [2.75, 3.05) is 29.1 Å². The van der Waals surface area contributed by atoms with E-state index in [-0.39, 0.29) is 17.6 Å². The van der Waals surface area contributed by atoms with Crippen LogP contribution in [0.25, 0.3) is 0 Å². The number of hydrogen-bond acceptors (Lipinski definition) is 7. The molecule has 1 aromatic heterocycles. The lowest BCUT2D eigenvalue weighted by Crippen LogP contribution is -2.38. The minimum Gasteiger partial charge on any atom is -0.465 e. The summed E-state index contributed by atoms with van der Waals surface area (Å²) in [6.07, 6.45) is 0.748. The minimum absolute atomic E-state index is 0.128. The molecule has 0 aliphatic heterocycles. The molecule has 0 atom stereocenters. The highest BCUT2D eigenvalue weighted by molar-refractivity contribution is 8.01. The number of nitrogens with one attached hydrogen (secondary N) is 1.